The number of ether oxygens (including phenoxy) is 2. The summed E-state index contributed by atoms with van der Waals surface area (Å²) >= 11 is 12.2. The van der Waals surface area contributed by atoms with Gasteiger partial charge in [0.25, 0.3) is 0 Å². The molecule has 2 aliphatic rings. The van der Waals surface area contributed by atoms with Crippen molar-refractivity contribution in [2.75, 3.05) is 23.0 Å². The van der Waals surface area contributed by atoms with E-state index < -0.39 is 17.9 Å². The molecule has 2 aliphatic heterocycles. The van der Waals surface area contributed by atoms with Crippen molar-refractivity contribution in [3.63, 3.8) is 0 Å². The van der Waals surface area contributed by atoms with Gasteiger partial charge in [-0.05, 0) is 72.6 Å². The lowest BCUT2D eigenvalue weighted by molar-refractivity contribution is -0.274. The molecule has 0 aliphatic carbocycles. The average molecular weight is 523 g/mol. The van der Waals surface area contributed by atoms with Gasteiger partial charge in [0, 0.05) is 28.0 Å². The average Bonchev–Trinajstić information content (AvgIpc) is 3.08. The third-order valence-corrected chi connectivity index (χ3v) is 6.78. The first kappa shape index (κ1) is 23.8. The van der Waals surface area contributed by atoms with Crippen molar-refractivity contribution >= 4 is 40.6 Å². The number of hydrogen-bond donors (Lipinski definition) is 0. The molecule has 0 spiro atoms. The van der Waals surface area contributed by atoms with E-state index in [1.807, 2.05) is 0 Å². The van der Waals surface area contributed by atoms with Crippen molar-refractivity contribution < 1.29 is 27.4 Å². The molecule has 2 saturated heterocycles. The fraction of sp³-hybridized carbons (Fsp3) is 0.240. The molecular weight excluding hydrogens is 504 g/mol. The Morgan fingerprint density at radius 2 is 1.57 bits per heavy atom. The monoisotopic (exact) mass is 522 g/mol. The van der Waals surface area contributed by atoms with Gasteiger partial charge in [0.2, 0.25) is 0 Å². The summed E-state index contributed by atoms with van der Waals surface area (Å²) in [6, 6.07) is 18.5. The molecule has 0 saturated carbocycles. The largest absolute Gasteiger partial charge is 0.573 e. The Hall–Kier alpha value is -2.94. The number of hydrogen-bond acceptors (Lipinski definition) is 3. The minimum absolute atomic E-state index is 0.0750. The highest BCUT2D eigenvalue weighted by molar-refractivity contribution is 6.31. The van der Waals surface area contributed by atoms with Gasteiger partial charge in [-0.15, -0.1) is 13.2 Å². The number of fused-ring (bicyclic) bond motifs is 1. The molecule has 10 heteroatoms. The molecule has 2 fully saturated rings. The molecule has 0 aromatic heterocycles. The number of carbonyl (C=O) groups excluding carboxylic acids is 1. The lowest BCUT2D eigenvalue weighted by atomic mass is 9.79. The van der Waals surface area contributed by atoms with Gasteiger partial charge in [-0.1, -0.05) is 35.3 Å². The zero-order valence-corrected chi connectivity index (χ0v) is 19.6. The van der Waals surface area contributed by atoms with Crippen molar-refractivity contribution in [2.45, 2.75) is 24.4 Å². The summed E-state index contributed by atoms with van der Waals surface area (Å²) in [5, 5.41) is 1.01. The second-order valence-electron chi connectivity index (χ2n) is 8.30. The normalized spacial score (nSPS) is 22.3. The van der Waals surface area contributed by atoms with Crippen LogP contribution in [0.15, 0.2) is 72.8 Å². The molecule has 35 heavy (non-hydrogen) atoms. The van der Waals surface area contributed by atoms with E-state index in [1.54, 1.807) is 64.4 Å². The maximum atomic E-state index is 14.1. The Labute approximate surface area is 209 Å². The van der Waals surface area contributed by atoms with Crippen LogP contribution in [0.3, 0.4) is 0 Å². The van der Waals surface area contributed by atoms with E-state index in [0.717, 1.165) is 0 Å². The number of carbonyl (C=O) groups is 1. The minimum Gasteiger partial charge on any atom is -0.406 e. The number of urea groups is 1. The van der Waals surface area contributed by atoms with Crippen LogP contribution in [-0.4, -0.2) is 31.6 Å². The molecular formula is C25H19Cl2F3N2O3. The Morgan fingerprint density at radius 1 is 0.943 bits per heavy atom. The van der Waals surface area contributed by atoms with Crippen LogP contribution in [0.25, 0.3) is 0 Å². The van der Waals surface area contributed by atoms with Crippen LogP contribution in [0.4, 0.5) is 29.3 Å². The lowest BCUT2D eigenvalue weighted by Crippen LogP contribution is -2.56. The standard InChI is InChI=1S/C25H19Cl2F3N2O3/c26-17-4-8-19(9-5-17)31-22-12-13-34-15-24(22,16-2-1-3-21(14-16)35-25(28,29)30)32(23(31)33)20-10-6-18(27)7-11-20/h1-11,14,22H,12-13,15H2/t22?,24-/m0/s1. The molecule has 5 nitrogen and oxygen atoms in total. The Kier molecular flexibility index (Phi) is 6.07. The van der Waals surface area contributed by atoms with Crippen LogP contribution in [0.2, 0.25) is 10.0 Å². The fourth-order valence-electron chi connectivity index (χ4n) is 4.92. The number of alkyl halides is 3. The summed E-state index contributed by atoms with van der Waals surface area (Å²) in [5.74, 6) is -0.373. The van der Waals surface area contributed by atoms with E-state index in [0.29, 0.717) is 40.0 Å². The second-order valence-corrected chi connectivity index (χ2v) is 9.17. The van der Waals surface area contributed by atoms with E-state index in [4.69, 9.17) is 27.9 Å². The lowest BCUT2D eigenvalue weighted by Gasteiger charge is -2.44. The van der Waals surface area contributed by atoms with Gasteiger partial charge < -0.3 is 9.47 Å². The molecule has 3 aromatic carbocycles. The summed E-state index contributed by atoms with van der Waals surface area (Å²) in [6.07, 6.45) is -4.39. The molecule has 0 radical (unpaired) electrons. The first-order chi connectivity index (χ1) is 16.7. The van der Waals surface area contributed by atoms with E-state index in [-0.39, 0.29) is 18.4 Å². The van der Waals surface area contributed by atoms with E-state index >= 15 is 0 Å². The van der Waals surface area contributed by atoms with Crippen molar-refractivity contribution in [1.29, 1.82) is 0 Å². The van der Waals surface area contributed by atoms with Crippen molar-refractivity contribution in [3.05, 3.63) is 88.4 Å². The molecule has 182 valence electrons. The number of anilines is 2. The van der Waals surface area contributed by atoms with Crippen LogP contribution in [0.1, 0.15) is 12.0 Å². The van der Waals surface area contributed by atoms with Crippen LogP contribution in [0.5, 0.6) is 5.75 Å². The highest BCUT2D eigenvalue weighted by Gasteiger charge is 2.60. The summed E-state index contributed by atoms with van der Waals surface area (Å²) in [6.45, 7) is 0.461. The predicted molar refractivity (Wildman–Crippen MR) is 127 cm³/mol. The Bertz CT molecular complexity index is 1240. The quantitative estimate of drug-likeness (QED) is 0.369. The number of nitrogens with zero attached hydrogens (tertiary/aromatic N) is 2. The minimum atomic E-state index is -4.85. The number of rotatable bonds is 4. The van der Waals surface area contributed by atoms with Gasteiger partial charge >= 0.3 is 12.4 Å². The van der Waals surface area contributed by atoms with Crippen molar-refractivity contribution in [1.82, 2.24) is 0 Å². The number of halogens is 5. The molecule has 1 unspecified atom stereocenters. The number of amides is 2. The fourth-order valence-corrected chi connectivity index (χ4v) is 5.17. The van der Waals surface area contributed by atoms with Crippen LogP contribution in [0, 0.1) is 0 Å². The van der Waals surface area contributed by atoms with Crippen LogP contribution >= 0.6 is 23.2 Å². The summed E-state index contributed by atoms with van der Waals surface area (Å²) in [7, 11) is 0. The first-order valence-electron chi connectivity index (χ1n) is 10.8. The molecule has 2 heterocycles. The maximum Gasteiger partial charge on any atom is 0.573 e. The smallest absolute Gasteiger partial charge is 0.406 e. The summed E-state index contributed by atoms with van der Waals surface area (Å²) in [5.41, 5.74) is 0.486. The van der Waals surface area contributed by atoms with Gasteiger partial charge in [0.15, 0.2) is 0 Å². The third-order valence-electron chi connectivity index (χ3n) is 6.27. The third kappa shape index (κ3) is 4.30. The SMILES string of the molecule is O=C1N(c2ccc(Cl)cc2)C2CCOC[C@@]2(c2cccc(OC(F)(F)F)c2)N1c1ccc(Cl)cc1. The topological polar surface area (TPSA) is 42.0 Å². The Morgan fingerprint density at radius 3 is 2.20 bits per heavy atom. The molecule has 3 aromatic rings. The van der Waals surface area contributed by atoms with Crippen LogP contribution in [-0.2, 0) is 10.3 Å². The van der Waals surface area contributed by atoms with Gasteiger partial charge in [0.05, 0.1) is 12.6 Å². The molecule has 0 N–H and O–H groups in total. The second kappa shape index (κ2) is 8.93. The predicted octanol–water partition coefficient (Wildman–Crippen LogP) is 7.02. The summed E-state index contributed by atoms with van der Waals surface area (Å²) in [4.78, 5) is 17.3. The highest BCUT2D eigenvalue weighted by atomic mass is 35.5. The molecule has 5 rings (SSSR count). The first-order valence-corrected chi connectivity index (χ1v) is 11.5. The van der Waals surface area contributed by atoms with Gasteiger partial charge in [0.1, 0.15) is 11.3 Å². The van der Waals surface area contributed by atoms with Gasteiger partial charge in [-0.25, -0.2) is 4.79 Å². The Balaban J connectivity index is 1.71. The van der Waals surface area contributed by atoms with Gasteiger partial charge in [-0.2, -0.15) is 0 Å². The zero-order valence-electron chi connectivity index (χ0n) is 18.1. The molecule has 2 atom stereocenters. The van der Waals surface area contributed by atoms with E-state index in [9.17, 15) is 18.0 Å². The van der Waals surface area contributed by atoms with E-state index in [2.05, 4.69) is 4.74 Å². The summed E-state index contributed by atoms with van der Waals surface area (Å²) < 4.78 is 49.1. The van der Waals surface area contributed by atoms with Crippen molar-refractivity contribution in [3.8, 4) is 5.75 Å². The maximum absolute atomic E-state index is 14.1. The molecule has 0 bridgehead atoms. The van der Waals surface area contributed by atoms with E-state index in [1.165, 1.54) is 18.2 Å². The highest BCUT2D eigenvalue weighted by Crippen LogP contribution is 2.50. The zero-order chi connectivity index (χ0) is 24.8. The van der Waals surface area contributed by atoms with Crippen molar-refractivity contribution in [2.24, 2.45) is 0 Å². The van der Waals surface area contributed by atoms with Crippen LogP contribution < -0.4 is 14.5 Å². The molecule has 2 amide bonds. The number of benzene rings is 3. The van der Waals surface area contributed by atoms with Gasteiger partial charge in [-0.3, -0.25) is 9.80 Å².